The number of ether oxygens (including phenoxy) is 1. The molecule has 1 aromatic carbocycles. The van der Waals surface area contributed by atoms with Gasteiger partial charge < -0.3 is 4.74 Å². The standard InChI is InChI=1S/C17H16N4O4S/c1-10(25-16(24)12-7-8-14(22)21-20-12)15(23)19-17-18-13(9-26-17)11-5-3-2-4-6-11/h2-6,9-10H,7-8H2,1H3,(H,21,22)(H,18,19,23)/t10-/m1/s1. The third kappa shape index (κ3) is 4.31. The number of hydrogen-bond donors (Lipinski definition) is 2. The SMILES string of the molecule is C[C@@H](OC(=O)C1=NNC(=O)CC1)C(=O)Nc1nc(-c2ccccc2)cs1. The first-order chi connectivity index (χ1) is 12.5. The molecule has 2 amide bonds. The summed E-state index contributed by atoms with van der Waals surface area (Å²) in [6.45, 7) is 1.46. The smallest absolute Gasteiger partial charge is 0.355 e. The molecule has 0 spiro atoms. The lowest BCUT2D eigenvalue weighted by Crippen LogP contribution is -2.35. The summed E-state index contributed by atoms with van der Waals surface area (Å²) in [5, 5.41) is 8.52. The Balaban J connectivity index is 1.57. The maximum atomic E-state index is 12.2. The lowest BCUT2D eigenvalue weighted by molar-refractivity contribution is -0.146. The highest BCUT2D eigenvalue weighted by Gasteiger charge is 2.24. The van der Waals surface area contributed by atoms with Gasteiger partial charge >= 0.3 is 5.97 Å². The number of nitrogens with zero attached hydrogens (tertiary/aromatic N) is 2. The molecule has 9 heteroatoms. The molecule has 0 saturated heterocycles. The van der Waals surface area contributed by atoms with Crippen LogP contribution in [0.3, 0.4) is 0 Å². The third-order valence-corrected chi connectivity index (χ3v) is 4.35. The van der Waals surface area contributed by atoms with Crippen molar-refractivity contribution in [3.63, 3.8) is 0 Å². The molecule has 0 fully saturated rings. The molecule has 0 unspecified atom stereocenters. The highest BCUT2D eigenvalue weighted by molar-refractivity contribution is 7.14. The number of aromatic nitrogens is 1. The van der Waals surface area contributed by atoms with Crippen LogP contribution in [0.4, 0.5) is 5.13 Å². The van der Waals surface area contributed by atoms with Crippen LogP contribution < -0.4 is 10.7 Å². The summed E-state index contributed by atoms with van der Waals surface area (Å²) in [4.78, 5) is 39.5. The number of hydrazone groups is 1. The van der Waals surface area contributed by atoms with Crippen LogP contribution in [0.25, 0.3) is 11.3 Å². The lowest BCUT2D eigenvalue weighted by atomic mass is 10.2. The maximum Gasteiger partial charge on any atom is 0.355 e. The van der Waals surface area contributed by atoms with Gasteiger partial charge in [-0.3, -0.25) is 14.9 Å². The fourth-order valence-electron chi connectivity index (χ4n) is 2.18. The highest BCUT2D eigenvalue weighted by Crippen LogP contribution is 2.24. The van der Waals surface area contributed by atoms with E-state index < -0.39 is 18.0 Å². The van der Waals surface area contributed by atoms with Crippen molar-refractivity contribution in [2.24, 2.45) is 5.10 Å². The summed E-state index contributed by atoms with van der Waals surface area (Å²) in [7, 11) is 0. The predicted octanol–water partition coefficient (Wildman–Crippen LogP) is 1.95. The van der Waals surface area contributed by atoms with E-state index in [1.807, 2.05) is 35.7 Å². The molecule has 2 aromatic rings. The van der Waals surface area contributed by atoms with E-state index in [-0.39, 0.29) is 24.5 Å². The van der Waals surface area contributed by atoms with Crippen molar-refractivity contribution in [3.05, 3.63) is 35.7 Å². The first-order valence-electron chi connectivity index (χ1n) is 7.91. The molecule has 2 N–H and O–H groups in total. The minimum atomic E-state index is -1.02. The number of thiazole rings is 1. The van der Waals surface area contributed by atoms with Crippen molar-refractivity contribution in [1.82, 2.24) is 10.4 Å². The van der Waals surface area contributed by atoms with Crippen molar-refractivity contribution >= 4 is 40.0 Å². The summed E-state index contributed by atoms with van der Waals surface area (Å²) < 4.78 is 5.09. The number of carbonyl (C=O) groups excluding carboxylic acids is 3. The van der Waals surface area contributed by atoms with E-state index in [0.29, 0.717) is 5.13 Å². The Hall–Kier alpha value is -3.07. The minimum absolute atomic E-state index is 0.0878. The van der Waals surface area contributed by atoms with E-state index in [4.69, 9.17) is 4.74 Å². The van der Waals surface area contributed by atoms with Crippen molar-refractivity contribution in [2.75, 3.05) is 5.32 Å². The van der Waals surface area contributed by atoms with Gasteiger partial charge in [0.1, 0.15) is 5.71 Å². The van der Waals surface area contributed by atoms with Crippen molar-refractivity contribution in [1.29, 1.82) is 0 Å². The Morgan fingerprint density at radius 2 is 2.04 bits per heavy atom. The Kier molecular flexibility index (Phi) is 5.37. The zero-order chi connectivity index (χ0) is 18.5. The molecule has 0 saturated carbocycles. The first-order valence-corrected chi connectivity index (χ1v) is 8.79. The van der Waals surface area contributed by atoms with Gasteiger partial charge in [0.05, 0.1) is 5.69 Å². The number of benzene rings is 1. The number of hydrogen-bond acceptors (Lipinski definition) is 7. The Morgan fingerprint density at radius 1 is 1.27 bits per heavy atom. The average molecular weight is 372 g/mol. The van der Waals surface area contributed by atoms with Gasteiger partial charge in [-0.1, -0.05) is 30.3 Å². The van der Waals surface area contributed by atoms with Crippen LogP contribution in [0.15, 0.2) is 40.8 Å². The van der Waals surface area contributed by atoms with Crippen molar-refractivity contribution in [2.45, 2.75) is 25.9 Å². The van der Waals surface area contributed by atoms with Gasteiger partial charge in [0, 0.05) is 23.8 Å². The monoisotopic (exact) mass is 372 g/mol. The number of rotatable bonds is 5. The molecule has 1 aliphatic heterocycles. The maximum absolute atomic E-state index is 12.2. The normalized spacial score (nSPS) is 14.8. The summed E-state index contributed by atoms with van der Waals surface area (Å²) in [5.41, 5.74) is 4.00. The molecular formula is C17H16N4O4S. The molecule has 8 nitrogen and oxygen atoms in total. The van der Waals surface area contributed by atoms with Crippen LogP contribution in [0.5, 0.6) is 0 Å². The van der Waals surface area contributed by atoms with Crippen molar-refractivity contribution < 1.29 is 19.1 Å². The number of amides is 2. The molecule has 2 heterocycles. The van der Waals surface area contributed by atoms with Gasteiger partial charge in [-0.2, -0.15) is 5.10 Å². The van der Waals surface area contributed by atoms with E-state index in [2.05, 4.69) is 20.8 Å². The van der Waals surface area contributed by atoms with E-state index in [9.17, 15) is 14.4 Å². The quantitative estimate of drug-likeness (QED) is 0.780. The van der Waals surface area contributed by atoms with Crippen LogP contribution >= 0.6 is 11.3 Å². The fraction of sp³-hybridized carbons (Fsp3) is 0.235. The second kappa shape index (κ2) is 7.87. The average Bonchev–Trinajstić information content (AvgIpc) is 3.11. The molecular weight excluding hydrogens is 356 g/mol. The molecule has 134 valence electrons. The second-order valence-electron chi connectivity index (χ2n) is 5.53. The number of nitrogens with one attached hydrogen (secondary N) is 2. The van der Waals surface area contributed by atoms with Crippen molar-refractivity contribution in [3.8, 4) is 11.3 Å². The molecule has 0 aliphatic carbocycles. The van der Waals surface area contributed by atoms with Gasteiger partial charge in [0.25, 0.3) is 5.91 Å². The van der Waals surface area contributed by atoms with Crippen LogP contribution in [0.2, 0.25) is 0 Å². The molecule has 1 atom stereocenters. The molecule has 3 rings (SSSR count). The Labute approximate surface area is 153 Å². The molecule has 0 radical (unpaired) electrons. The third-order valence-electron chi connectivity index (χ3n) is 3.60. The zero-order valence-corrected chi connectivity index (χ0v) is 14.7. The van der Waals surface area contributed by atoms with Gasteiger partial charge in [-0.05, 0) is 6.92 Å². The minimum Gasteiger partial charge on any atom is -0.448 e. The first kappa shape index (κ1) is 17.7. The molecule has 1 aromatic heterocycles. The van der Waals surface area contributed by atoms with E-state index in [0.717, 1.165) is 11.3 Å². The molecule has 0 bridgehead atoms. The molecule has 26 heavy (non-hydrogen) atoms. The van der Waals surface area contributed by atoms with E-state index >= 15 is 0 Å². The van der Waals surface area contributed by atoms with Gasteiger partial charge in [0.15, 0.2) is 11.2 Å². The van der Waals surface area contributed by atoms with Gasteiger partial charge in [-0.15, -0.1) is 11.3 Å². The van der Waals surface area contributed by atoms with Gasteiger partial charge in [-0.25, -0.2) is 15.2 Å². The lowest BCUT2D eigenvalue weighted by Gasteiger charge is -2.15. The van der Waals surface area contributed by atoms with E-state index in [1.54, 1.807) is 0 Å². The number of esters is 1. The number of carbonyl (C=O) groups is 3. The summed E-state index contributed by atoms with van der Waals surface area (Å²) >= 11 is 1.28. The van der Waals surface area contributed by atoms with Gasteiger partial charge in [0.2, 0.25) is 5.91 Å². The van der Waals surface area contributed by atoms with Crippen LogP contribution in [-0.2, 0) is 19.1 Å². The number of anilines is 1. The zero-order valence-electron chi connectivity index (χ0n) is 13.9. The summed E-state index contributed by atoms with van der Waals surface area (Å²) in [5.74, 6) is -1.48. The Morgan fingerprint density at radius 3 is 2.73 bits per heavy atom. The highest BCUT2D eigenvalue weighted by atomic mass is 32.1. The largest absolute Gasteiger partial charge is 0.448 e. The Bertz CT molecular complexity index is 863. The van der Waals surface area contributed by atoms with Crippen LogP contribution in [0, 0.1) is 0 Å². The fourth-order valence-corrected chi connectivity index (χ4v) is 2.91. The predicted molar refractivity (Wildman–Crippen MR) is 96.5 cm³/mol. The summed E-state index contributed by atoms with van der Waals surface area (Å²) in [6.07, 6.45) is -0.672. The van der Waals surface area contributed by atoms with E-state index in [1.165, 1.54) is 18.3 Å². The summed E-state index contributed by atoms with van der Waals surface area (Å²) in [6, 6.07) is 9.58. The van der Waals surface area contributed by atoms with Crippen LogP contribution in [-0.4, -0.2) is 34.6 Å². The molecule has 1 aliphatic rings. The van der Waals surface area contributed by atoms with Crippen LogP contribution in [0.1, 0.15) is 19.8 Å². The topological polar surface area (TPSA) is 110 Å². The second-order valence-corrected chi connectivity index (χ2v) is 6.39.